The second-order valence-electron chi connectivity index (χ2n) is 5.19. The summed E-state index contributed by atoms with van der Waals surface area (Å²) >= 11 is 0. The van der Waals surface area contributed by atoms with E-state index >= 15 is 0 Å². The van der Waals surface area contributed by atoms with Crippen LogP contribution in [0.25, 0.3) is 0 Å². The second-order valence-corrected chi connectivity index (χ2v) is 6.87. The zero-order chi connectivity index (χ0) is 13.9. The van der Waals surface area contributed by atoms with Crippen molar-refractivity contribution in [2.75, 3.05) is 11.9 Å². The number of anilines is 1. The molecule has 1 heterocycles. The van der Waals surface area contributed by atoms with Gasteiger partial charge in [0.2, 0.25) is 16.0 Å². The van der Waals surface area contributed by atoms with E-state index in [9.17, 15) is 8.42 Å². The van der Waals surface area contributed by atoms with E-state index < -0.39 is 10.0 Å². The van der Waals surface area contributed by atoms with Crippen molar-refractivity contribution in [3.8, 4) is 0 Å². The fraction of sp³-hybridized carbons (Fsp3) is 0.667. The Balaban J connectivity index is 2.08. The summed E-state index contributed by atoms with van der Waals surface area (Å²) in [4.78, 5) is 8.14. The van der Waals surface area contributed by atoms with Gasteiger partial charge in [-0.15, -0.1) is 0 Å². The van der Waals surface area contributed by atoms with Gasteiger partial charge in [0.1, 0.15) is 4.90 Å². The molecule has 1 aliphatic carbocycles. The van der Waals surface area contributed by atoms with Crippen molar-refractivity contribution in [2.24, 2.45) is 0 Å². The van der Waals surface area contributed by atoms with Gasteiger partial charge in [0.15, 0.2) is 0 Å². The normalized spacial score (nSPS) is 17.8. The van der Waals surface area contributed by atoms with Crippen molar-refractivity contribution >= 4 is 16.0 Å². The second kappa shape index (κ2) is 5.42. The van der Waals surface area contributed by atoms with Crippen molar-refractivity contribution in [3.63, 3.8) is 0 Å². The van der Waals surface area contributed by atoms with Crippen LogP contribution in [0.15, 0.2) is 17.3 Å². The molecule has 0 saturated heterocycles. The van der Waals surface area contributed by atoms with Gasteiger partial charge >= 0.3 is 0 Å². The van der Waals surface area contributed by atoms with Gasteiger partial charge in [-0.25, -0.2) is 23.1 Å². The molecule has 0 unspecified atom stereocenters. The smallest absolute Gasteiger partial charge is 0.244 e. The average molecular weight is 284 g/mol. The molecule has 6 nitrogen and oxygen atoms in total. The Morgan fingerprint density at radius 3 is 2.42 bits per heavy atom. The quantitative estimate of drug-likeness (QED) is 0.827. The Hall–Kier alpha value is -1.21. The summed E-state index contributed by atoms with van der Waals surface area (Å²) in [7, 11) is -3.52. The molecule has 0 bridgehead atoms. The van der Waals surface area contributed by atoms with Crippen molar-refractivity contribution in [1.82, 2.24) is 14.7 Å². The topological polar surface area (TPSA) is 84.0 Å². The van der Waals surface area contributed by atoms with E-state index in [0.29, 0.717) is 5.95 Å². The number of sulfonamides is 1. The average Bonchev–Trinajstić information content (AvgIpc) is 2.34. The lowest BCUT2D eigenvalue weighted by molar-refractivity contribution is 0.248. The first kappa shape index (κ1) is 14.2. The molecule has 106 valence electrons. The third kappa shape index (κ3) is 3.42. The van der Waals surface area contributed by atoms with Gasteiger partial charge in [-0.05, 0) is 32.6 Å². The molecule has 0 aliphatic heterocycles. The number of aromatic nitrogens is 2. The standard InChI is InChI=1S/C12H20N4O2S/c1-3-7-13-11-14-8-10(9-15-11)19(17,18)16-12(2)5-4-6-12/h8-9,16H,3-7H2,1-2H3,(H,13,14,15). The highest BCUT2D eigenvalue weighted by Crippen LogP contribution is 2.32. The Morgan fingerprint density at radius 1 is 1.32 bits per heavy atom. The van der Waals surface area contributed by atoms with Crippen LogP contribution in [-0.4, -0.2) is 30.5 Å². The number of hydrogen-bond donors (Lipinski definition) is 2. The van der Waals surface area contributed by atoms with Crippen LogP contribution in [0.4, 0.5) is 5.95 Å². The van der Waals surface area contributed by atoms with Gasteiger partial charge in [-0.2, -0.15) is 0 Å². The fourth-order valence-corrected chi connectivity index (χ4v) is 3.33. The maximum absolute atomic E-state index is 12.2. The Morgan fingerprint density at radius 2 is 1.95 bits per heavy atom. The molecule has 1 aromatic heterocycles. The summed E-state index contributed by atoms with van der Waals surface area (Å²) in [5.74, 6) is 0.454. The fourth-order valence-electron chi connectivity index (χ4n) is 1.98. The van der Waals surface area contributed by atoms with Crippen LogP contribution in [0.1, 0.15) is 39.5 Å². The summed E-state index contributed by atoms with van der Waals surface area (Å²) in [6.07, 6.45) is 6.47. The van der Waals surface area contributed by atoms with E-state index in [-0.39, 0.29) is 10.4 Å². The predicted molar refractivity (Wildman–Crippen MR) is 73.4 cm³/mol. The Bertz CT molecular complexity index is 523. The van der Waals surface area contributed by atoms with Gasteiger partial charge in [0, 0.05) is 12.1 Å². The number of nitrogens with one attached hydrogen (secondary N) is 2. The maximum Gasteiger partial charge on any atom is 0.244 e. The monoisotopic (exact) mass is 284 g/mol. The maximum atomic E-state index is 12.2. The summed E-state index contributed by atoms with van der Waals surface area (Å²) in [6.45, 7) is 4.73. The van der Waals surface area contributed by atoms with Crippen LogP contribution >= 0.6 is 0 Å². The molecule has 1 fully saturated rings. The number of hydrogen-bond acceptors (Lipinski definition) is 5. The molecule has 7 heteroatoms. The molecule has 2 N–H and O–H groups in total. The van der Waals surface area contributed by atoms with Gasteiger partial charge in [0.25, 0.3) is 0 Å². The summed E-state index contributed by atoms with van der Waals surface area (Å²) < 4.78 is 27.0. The third-order valence-electron chi connectivity index (χ3n) is 3.31. The number of nitrogens with zero attached hydrogens (tertiary/aromatic N) is 2. The van der Waals surface area contributed by atoms with Crippen LogP contribution in [0.5, 0.6) is 0 Å². The summed E-state index contributed by atoms with van der Waals surface area (Å²) in [6, 6.07) is 0. The molecule has 0 spiro atoms. The highest BCUT2D eigenvalue weighted by Gasteiger charge is 2.36. The molecule has 1 saturated carbocycles. The van der Waals surface area contributed by atoms with Gasteiger partial charge in [-0.3, -0.25) is 0 Å². The molecular weight excluding hydrogens is 264 g/mol. The molecule has 0 radical (unpaired) electrons. The van der Waals surface area contributed by atoms with Crippen molar-refractivity contribution in [2.45, 2.75) is 50.0 Å². The molecule has 1 aromatic rings. The molecular formula is C12H20N4O2S. The van der Waals surface area contributed by atoms with E-state index in [4.69, 9.17) is 0 Å². The largest absolute Gasteiger partial charge is 0.354 e. The highest BCUT2D eigenvalue weighted by atomic mass is 32.2. The van der Waals surface area contributed by atoms with Crippen molar-refractivity contribution < 1.29 is 8.42 Å². The van der Waals surface area contributed by atoms with E-state index in [1.54, 1.807) is 0 Å². The molecule has 0 aromatic carbocycles. The van der Waals surface area contributed by atoms with E-state index in [1.807, 2.05) is 13.8 Å². The number of rotatable bonds is 6. The van der Waals surface area contributed by atoms with E-state index in [0.717, 1.165) is 32.2 Å². The van der Waals surface area contributed by atoms with E-state index in [1.165, 1.54) is 12.4 Å². The van der Waals surface area contributed by atoms with E-state index in [2.05, 4.69) is 20.0 Å². The summed E-state index contributed by atoms with van der Waals surface area (Å²) in [5.41, 5.74) is -0.308. The SMILES string of the molecule is CCCNc1ncc(S(=O)(=O)NC2(C)CCC2)cn1. The lowest BCUT2D eigenvalue weighted by Crippen LogP contribution is -2.50. The van der Waals surface area contributed by atoms with Gasteiger partial charge in [-0.1, -0.05) is 6.92 Å². The zero-order valence-corrected chi connectivity index (χ0v) is 12.1. The zero-order valence-electron chi connectivity index (χ0n) is 11.3. The van der Waals surface area contributed by atoms with Crippen LogP contribution < -0.4 is 10.0 Å². The van der Waals surface area contributed by atoms with Crippen LogP contribution in [0.2, 0.25) is 0 Å². The van der Waals surface area contributed by atoms with Crippen LogP contribution in [-0.2, 0) is 10.0 Å². The first-order valence-electron chi connectivity index (χ1n) is 6.55. The van der Waals surface area contributed by atoms with Crippen molar-refractivity contribution in [3.05, 3.63) is 12.4 Å². The van der Waals surface area contributed by atoms with Gasteiger partial charge < -0.3 is 5.32 Å². The van der Waals surface area contributed by atoms with Crippen LogP contribution in [0.3, 0.4) is 0 Å². The minimum absolute atomic E-state index is 0.114. The molecule has 1 aliphatic rings. The summed E-state index contributed by atoms with van der Waals surface area (Å²) in [5, 5.41) is 3.01. The lowest BCUT2D eigenvalue weighted by Gasteiger charge is -2.38. The van der Waals surface area contributed by atoms with Gasteiger partial charge in [0.05, 0.1) is 12.4 Å². The Kier molecular flexibility index (Phi) is 4.05. The Labute approximate surface area is 114 Å². The first-order chi connectivity index (χ1) is 8.95. The molecule has 2 rings (SSSR count). The predicted octanol–water partition coefficient (Wildman–Crippen LogP) is 1.52. The molecule has 19 heavy (non-hydrogen) atoms. The minimum atomic E-state index is -3.52. The lowest BCUT2D eigenvalue weighted by atomic mass is 9.80. The first-order valence-corrected chi connectivity index (χ1v) is 8.03. The highest BCUT2D eigenvalue weighted by molar-refractivity contribution is 7.89. The molecule has 0 amide bonds. The van der Waals surface area contributed by atoms with Crippen LogP contribution in [0, 0.1) is 0 Å². The third-order valence-corrected chi connectivity index (χ3v) is 4.90. The minimum Gasteiger partial charge on any atom is -0.354 e. The molecule has 0 atom stereocenters. The van der Waals surface area contributed by atoms with Crippen molar-refractivity contribution in [1.29, 1.82) is 0 Å².